The average Bonchev–Trinajstić information content (AvgIpc) is 2.80. The van der Waals surface area contributed by atoms with Crippen LogP contribution in [0, 0.1) is 0 Å². The van der Waals surface area contributed by atoms with Gasteiger partial charge in [-0.2, -0.15) is 0 Å². The maximum absolute atomic E-state index is 12.3. The van der Waals surface area contributed by atoms with Gasteiger partial charge in [0.05, 0.1) is 0 Å². The number of hydrogen-bond donors (Lipinski definition) is 2. The number of carbonyl (C=O) groups is 3. The van der Waals surface area contributed by atoms with Crippen LogP contribution in [0.2, 0.25) is 0 Å². The van der Waals surface area contributed by atoms with Crippen LogP contribution in [0.25, 0.3) is 10.8 Å². The van der Waals surface area contributed by atoms with E-state index in [4.69, 9.17) is 4.74 Å². The van der Waals surface area contributed by atoms with Crippen molar-refractivity contribution in [3.05, 3.63) is 77.9 Å². The third-order valence-corrected chi connectivity index (χ3v) is 5.15. The molecule has 0 bridgehead atoms. The van der Waals surface area contributed by atoms with E-state index >= 15 is 0 Å². The van der Waals surface area contributed by atoms with Gasteiger partial charge < -0.3 is 15.4 Å². The Morgan fingerprint density at radius 3 is 2.35 bits per heavy atom. The summed E-state index contributed by atoms with van der Waals surface area (Å²) in [4.78, 5) is 36.2. The van der Waals surface area contributed by atoms with Crippen molar-refractivity contribution in [2.75, 3.05) is 18.5 Å². The molecule has 0 aliphatic rings. The molecule has 3 aromatic carbocycles. The molecule has 31 heavy (non-hydrogen) atoms. The zero-order valence-corrected chi connectivity index (χ0v) is 17.7. The quantitative estimate of drug-likeness (QED) is 0.535. The number of amides is 2. The summed E-state index contributed by atoms with van der Waals surface area (Å²) >= 11 is 0. The van der Waals surface area contributed by atoms with Gasteiger partial charge in [-0.15, -0.1) is 0 Å². The van der Waals surface area contributed by atoms with Crippen molar-refractivity contribution in [2.45, 2.75) is 26.2 Å². The van der Waals surface area contributed by atoms with Crippen LogP contribution >= 0.6 is 0 Å². The fraction of sp³-hybridized carbons (Fsp3) is 0.240. The Labute approximate surface area is 181 Å². The van der Waals surface area contributed by atoms with Gasteiger partial charge in [0.2, 0.25) is 0 Å². The second kappa shape index (κ2) is 10.4. The monoisotopic (exact) mass is 418 g/mol. The zero-order chi connectivity index (χ0) is 22.2. The number of ether oxygens (including phenoxy) is 1. The third kappa shape index (κ3) is 6.15. The maximum Gasteiger partial charge on any atom is 0.325 e. The molecule has 2 N–H and O–H groups in total. The first kappa shape index (κ1) is 22.0. The van der Waals surface area contributed by atoms with Crippen molar-refractivity contribution >= 4 is 34.2 Å². The van der Waals surface area contributed by atoms with Crippen molar-refractivity contribution in [3.63, 3.8) is 0 Å². The van der Waals surface area contributed by atoms with E-state index in [1.54, 1.807) is 12.1 Å². The fourth-order valence-electron chi connectivity index (χ4n) is 3.11. The first-order valence-corrected chi connectivity index (χ1v) is 10.3. The van der Waals surface area contributed by atoms with Gasteiger partial charge in [0, 0.05) is 11.3 Å². The molecule has 6 nitrogen and oxygen atoms in total. The van der Waals surface area contributed by atoms with E-state index in [-0.39, 0.29) is 12.5 Å². The Morgan fingerprint density at radius 2 is 1.65 bits per heavy atom. The van der Waals surface area contributed by atoms with Crippen LogP contribution < -0.4 is 10.6 Å². The zero-order valence-electron chi connectivity index (χ0n) is 17.7. The molecule has 2 amide bonds. The number of carbonyl (C=O) groups excluding carboxylic acids is 3. The first-order chi connectivity index (χ1) is 15.0. The Bertz CT molecular complexity index is 1080. The lowest BCUT2D eigenvalue weighted by Gasteiger charge is -2.11. The second-order valence-corrected chi connectivity index (χ2v) is 7.38. The Morgan fingerprint density at radius 1 is 0.935 bits per heavy atom. The summed E-state index contributed by atoms with van der Waals surface area (Å²) in [6.45, 7) is 3.53. The van der Waals surface area contributed by atoms with Crippen LogP contribution in [-0.2, 0) is 14.3 Å². The molecule has 3 aromatic rings. The fourth-order valence-corrected chi connectivity index (χ4v) is 3.11. The Hall–Kier alpha value is -3.67. The van der Waals surface area contributed by atoms with Gasteiger partial charge in [0.1, 0.15) is 6.54 Å². The van der Waals surface area contributed by atoms with Gasteiger partial charge in [-0.1, -0.05) is 56.3 Å². The topological polar surface area (TPSA) is 84.5 Å². The van der Waals surface area contributed by atoms with Gasteiger partial charge in [-0.3, -0.25) is 14.4 Å². The van der Waals surface area contributed by atoms with Gasteiger partial charge >= 0.3 is 5.97 Å². The molecule has 3 rings (SSSR count). The minimum absolute atomic E-state index is 0.317. The minimum Gasteiger partial charge on any atom is -0.454 e. The van der Waals surface area contributed by atoms with Gasteiger partial charge in [0.15, 0.2) is 6.61 Å². The SMILES string of the molecule is CC[C@@H](C)c1ccc(NC(=O)COC(=O)CNC(=O)c2ccc3ccccc3c2)cc1. The minimum atomic E-state index is -0.684. The highest BCUT2D eigenvalue weighted by Gasteiger charge is 2.12. The third-order valence-electron chi connectivity index (χ3n) is 5.15. The molecule has 0 heterocycles. The van der Waals surface area contributed by atoms with Crippen LogP contribution in [0.5, 0.6) is 0 Å². The summed E-state index contributed by atoms with van der Waals surface area (Å²) in [5.74, 6) is -1.05. The van der Waals surface area contributed by atoms with Crippen molar-refractivity contribution < 1.29 is 19.1 Å². The van der Waals surface area contributed by atoms with Gasteiger partial charge in [0.25, 0.3) is 11.8 Å². The molecular formula is C25H26N2O4. The van der Waals surface area contributed by atoms with E-state index in [9.17, 15) is 14.4 Å². The highest BCUT2D eigenvalue weighted by atomic mass is 16.5. The number of hydrogen-bond acceptors (Lipinski definition) is 4. The molecule has 1 atom stereocenters. The Kier molecular flexibility index (Phi) is 7.38. The molecule has 0 saturated heterocycles. The molecule has 0 radical (unpaired) electrons. The van der Waals surface area contributed by atoms with Gasteiger partial charge in [-0.25, -0.2) is 0 Å². The molecule has 0 aliphatic carbocycles. The standard InChI is InChI=1S/C25H26N2O4/c1-3-17(2)18-10-12-22(13-11-18)27-23(28)16-31-24(29)15-26-25(30)21-9-8-19-6-4-5-7-20(19)14-21/h4-14,17H,3,15-16H2,1-2H3,(H,26,30)(H,27,28)/t17-/m1/s1. The second-order valence-electron chi connectivity index (χ2n) is 7.38. The predicted molar refractivity (Wildman–Crippen MR) is 121 cm³/mol. The smallest absolute Gasteiger partial charge is 0.325 e. The molecule has 0 fully saturated rings. The van der Waals surface area contributed by atoms with Crippen molar-refractivity contribution in [1.29, 1.82) is 0 Å². The molecule has 0 aliphatic heterocycles. The molecule has 0 saturated carbocycles. The molecular weight excluding hydrogens is 392 g/mol. The predicted octanol–water partition coefficient (Wildman–Crippen LogP) is 4.27. The highest BCUT2D eigenvalue weighted by molar-refractivity contribution is 6.00. The van der Waals surface area contributed by atoms with Crippen molar-refractivity contribution in [2.24, 2.45) is 0 Å². The molecule has 0 aromatic heterocycles. The summed E-state index contributed by atoms with van der Waals surface area (Å²) in [5, 5.41) is 7.16. The summed E-state index contributed by atoms with van der Waals surface area (Å²) in [6.07, 6.45) is 1.04. The normalized spacial score (nSPS) is 11.5. The summed E-state index contributed by atoms with van der Waals surface area (Å²) in [5.41, 5.74) is 2.29. The number of anilines is 1. The van der Waals surface area contributed by atoms with Crippen molar-refractivity contribution in [1.82, 2.24) is 5.32 Å². The van der Waals surface area contributed by atoms with Crippen LogP contribution in [0.4, 0.5) is 5.69 Å². The highest BCUT2D eigenvalue weighted by Crippen LogP contribution is 2.20. The molecule has 6 heteroatoms. The number of rotatable bonds is 8. The van der Waals surface area contributed by atoms with Gasteiger partial charge in [-0.05, 0) is 52.9 Å². The Balaban J connectivity index is 1.42. The lowest BCUT2D eigenvalue weighted by Crippen LogP contribution is -2.32. The van der Waals surface area contributed by atoms with Crippen molar-refractivity contribution in [3.8, 4) is 0 Å². The van der Waals surface area contributed by atoms with E-state index in [1.165, 1.54) is 5.56 Å². The lowest BCUT2D eigenvalue weighted by molar-refractivity contribution is -0.146. The van der Waals surface area contributed by atoms with Crippen LogP contribution in [0.15, 0.2) is 66.7 Å². The molecule has 160 valence electrons. The van der Waals surface area contributed by atoms with E-state index in [0.717, 1.165) is 17.2 Å². The number of esters is 1. The van der Waals surface area contributed by atoms with E-state index in [2.05, 4.69) is 24.5 Å². The van der Waals surface area contributed by atoms with E-state index < -0.39 is 18.5 Å². The number of nitrogens with one attached hydrogen (secondary N) is 2. The summed E-state index contributed by atoms with van der Waals surface area (Å²) in [7, 11) is 0. The summed E-state index contributed by atoms with van der Waals surface area (Å²) < 4.78 is 4.95. The first-order valence-electron chi connectivity index (χ1n) is 10.3. The largest absolute Gasteiger partial charge is 0.454 e. The van der Waals surface area contributed by atoms with E-state index in [0.29, 0.717) is 17.2 Å². The van der Waals surface area contributed by atoms with Crippen LogP contribution in [-0.4, -0.2) is 30.9 Å². The average molecular weight is 418 g/mol. The number of benzene rings is 3. The molecule has 0 unspecified atom stereocenters. The molecule has 0 spiro atoms. The van der Waals surface area contributed by atoms with Crippen LogP contribution in [0.3, 0.4) is 0 Å². The van der Waals surface area contributed by atoms with E-state index in [1.807, 2.05) is 54.6 Å². The maximum atomic E-state index is 12.3. The van der Waals surface area contributed by atoms with Crippen LogP contribution in [0.1, 0.15) is 42.1 Å². The lowest BCUT2D eigenvalue weighted by atomic mass is 9.99. The summed E-state index contributed by atoms with van der Waals surface area (Å²) in [6, 6.07) is 20.6. The number of fused-ring (bicyclic) bond motifs is 1.